The Morgan fingerprint density at radius 1 is 1.12 bits per heavy atom. The molecule has 0 aromatic heterocycles. The number of rotatable bonds is 8. The van der Waals surface area contributed by atoms with Crippen molar-refractivity contribution in [3.05, 3.63) is 69.7 Å². The second kappa shape index (κ2) is 10.5. The second-order valence-electron chi connectivity index (χ2n) is 5.60. The number of carbonyl (C=O) groups excluding carboxylic acids is 2. The molecule has 1 atom stereocenters. The summed E-state index contributed by atoms with van der Waals surface area (Å²) in [6.07, 6.45) is 0. The molecular weight excluding hydrogens is 393 g/mol. The summed E-state index contributed by atoms with van der Waals surface area (Å²) < 4.78 is 5.00. The molecule has 0 fully saturated rings. The van der Waals surface area contributed by atoms with Crippen LogP contribution in [0.2, 0.25) is 10.0 Å². The standard InChI is InChI=1S/C19H19Cl2NO3S/c1-13(15-5-3-2-4-6-15)22-18(23)10-25-19(24)12-26-11-14-7-8-16(20)17(21)9-14/h2-9,13H,10-12H2,1H3,(H,22,23)/t13-/m0/s1. The van der Waals surface area contributed by atoms with E-state index in [2.05, 4.69) is 5.32 Å². The van der Waals surface area contributed by atoms with Crippen LogP contribution in [0.4, 0.5) is 0 Å². The third-order valence-electron chi connectivity index (χ3n) is 3.51. The predicted molar refractivity (Wildman–Crippen MR) is 107 cm³/mol. The molecule has 7 heteroatoms. The number of amides is 1. The van der Waals surface area contributed by atoms with Crippen molar-refractivity contribution in [2.24, 2.45) is 0 Å². The molecule has 0 saturated carbocycles. The van der Waals surface area contributed by atoms with Crippen LogP contribution in [-0.4, -0.2) is 24.2 Å². The van der Waals surface area contributed by atoms with Gasteiger partial charge in [-0.25, -0.2) is 0 Å². The van der Waals surface area contributed by atoms with E-state index in [4.69, 9.17) is 27.9 Å². The number of ether oxygens (including phenoxy) is 1. The number of carbonyl (C=O) groups is 2. The van der Waals surface area contributed by atoms with Gasteiger partial charge in [0.2, 0.25) is 0 Å². The zero-order chi connectivity index (χ0) is 18.9. The molecular formula is C19H19Cl2NO3S. The van der Waals surface area contributed by atoms with Gasteiger partial charge in [0.05, 0.1) is 21.8 Å². The van der Waals surface area contributed by atoms with E-state index in [9.17, 15) is 9.59 Å². The van der Waals surface area contributed by atoms with Crippen LogP contribution in [0.3, 0.4) is 0 Å². The zero-order valence-electron chi connectivity index (χ0n) is 14.2. The van der Waals surface area contributed by atoms with E-state index in [-0.39, 0.29) is 24.3 Å². The first-order valence-electron chi connectivity index (χ1n) is 7.97. The maximum Gasteiger partial charge on any atom is 0.316 e. The molecule has 0 aliphatic carbocycles. The number of hydrogen-bond acceptors (Lipinski definition) is 4. The number of nitrogens with one attached hydrogen (secondary N) is 1. The monoisotopic (exact) mass is 411 g/mol. The van der Waals surface area contributed by atoms with Crippen molar-refractivity contribution in [1.82, 2.24) is 5.32 Å². The lowest BCUT2D eigenvalue weighted by atomic mass is 10.1. The lowest BCUT2D eigenvalue weighted by Crippen LogP contribution is -2.31. The summed E-state index contributed by atoms with van der Waals surface area (Å²) in [5.74, 6) is -0.00731. The topological polar surface area (TPSA) is 55.4 Å². The van der Waals surface area contributed by atoms with Crippen molar-refractivity contribution < 1.29 is 14.3 Å². The molecule has 0 aliphatic heterocycles. The van der Waals surface area contributed by atoms with E-state index in [1.807, 2.05) is 43.3 Å². The fourth-order valence-electron chi connectivity index (χ4n) is 2.18. The van der Waals surface area contributed by atoms with Crippen molar-refractivity contribution in [3.63, 3.8) is 0 Å². The van der Waals surface area contributed by atoms with Crippen LogP contribution in [0.5, 0.6) is 0 Å². The molecule has 2 rings (SSSR count). The Balaban J connectivity index is 1.66. The van der Waals surface area contributed by atoms with Crippen LogP contribution < -0.4 is 5.32 Å². The minimum absolute atomic E-state index is 0.147. The van der Waals surface area contributed by atoms with Crippen molar-refractivity contribution in [2.45, 2.75) is 18.7 Å². The Morgan fingerprint density at radius 3 is 2.54 bits per heavy atom. The van der Waals surface area contributed by atoms with Crippen molar-refractivity contribution in [2.75, 3.05) is 12.4 Å². The molecule has 0 spiro atoms. The van der Waals surface area contributed by atoms with Gasteiger partial charge in [0.25, 0.3) is 5.91 Å². The van der Waals surface area contributed by atoms with E-state index in [1.165, 1.54) is 11.8 Å². The predicted octanol–water partition coefficient (Wildman–Crippen LogP) is 4.65. The summed E-state index contributed by atoms with van der Waals surface area (Å²) in [5, 5.41) is 3.77. The first-order chi connectivity index (χ1) is 12.5. The van der Waals surface area contributed by atoms with Crippen LogP contribution in [0.15, 0.2) is 48.5 Å². The molecule has 4 nitrogen and oxygen atoms in total. The molecule has 1 N–H and O–H groups in total. The van der Waals surface area contributed by atoms with Crippen molar-refractivity contribution in [3.8, 4) is 0 Å². The van der Waals surface area contributed by atoms with Crippen LogP contribution in [-0.2, 0) is 20.1 Å². The van der Waals surface area contributed by atoms with Gasteiger partial charge in [0.15, 0.2) is 6.61 Å². The minimum Gasteiger partial charge on any atom is -0.455 e. The van der Waals surface area contributed by atoms with E-state index in [0.717, 1.165) is 11.1 Å². The molecule has 0 unspecified atom stereocenters. The molecule has 0 saturated heterocycles. The summed E-state index contributed by atoms with van der Waals surface area (Å²) in [5.41, 5.74) is 1.95. The average molecular weight is 412 g/mol. The number of benzene rings is 2. The normalized spacial score (nSPS) is 11.7. The number of esters is 1. The summed E-state index contributed by atoms with van der Waals surface area (Å²) in [6.45, 7) is 1.59. The smallest absolute Gasteiger partial charge is 0.316 e. The van der Waals surface area contributed by atoms with Gasteiger partial charge in [0, 0.05) is 5.75 Å². The van der Waals surface area contributed by atoms with E-state index in [0.29, 0.717) is 15.8 Å². The Bertz CT molecular complexity index is 756. The van der Waals surface area contributed by atoms with E-state index in [1.54, 1.807) is 12.1 Å². The lowest BCUT2D eigenvalue weighted by molar-refractivity contribution is -0.146. The van der Waals surface area contributed by atoms with Gasteiger partial charge in [-0.05, 0) is 30.2 Å². The Kier molecular flexibility index (Phi) is 8.29. The molecule has 1 amide bonds. The highest BCUT2D eigenvalue weighted by molar-refractivity contribution is 7.99. The fourth-order valence-corrected chi connectivity index (χ4v) is 3.27. The Labute approximate surface area is 167 Å². The second-order valence-corrected chi connectivity index (χ2v) is 7.40. The number of halogens is 2. The molecule has 2 aromatic rings. The first kappa shape index (κ1) is 20.6. The van der Waals surface area contributed by atoms with Crippen LogP contribution in [0.25, 0.3) is 0 Å². The first-order valence-corrected chi connectivity index (χ1v) is 9.88. The Morgan fingerprint density at radius 2 is 1.85 bits per heavy atom. The highest BCUT2D eigenvalue weighted by atomic mass is 35.5. The summed E-state index contributed by atoms with van der Waals surface area (Å²) in [6, 6.07) is 14.8. The molecule has 0 aliphatic rings. The quantitative estimate of drug-likeness (QED) is 0.642. The lowest BCUT2D eigenvalue weighted by Gasteiger charge is -2.14. The maximum absolute atomic E-state index is 11.9. The van der Waals surface area contributed by atoms with Gasteiger partial charge in [-0.1, -0.05) is 59.6 Å². The largest absolute Gasteiger partial charge is 0.455 e. The number of hydrogen-bond donors (Lipinski definition) is 1. The van der Waals surface area contributed by atoms with Crippen LogP contribution in [0.1, 0.15) is 24.1 Å². The third kappa shape index (κ3) is 6.90. The van der Waals surface area contributed by atoms with Gasteiger partial charge < -0.3 is 10.1 Å². The van der Waals surface area contributed by atoms with Gasteiger partial charge >= 0.3 is 5.97 Å². The SMILES string of the molecule is C[C@H](NC(=O)COC(=O)CSCc1ccc(Cl)c(Cl)c1)c1ccccc1. The van der Waals surface area contributed by atoms with Crippen LogP contribution >= 0.6 is 35.0 Å². The van der Waals surface area contributed by atoms with Crippen molar-refractivity contribution >= 4 is 46.8 Å². The molecule has 0 heterocycles. The van der Waals surface area contributed by atoms with E-state index < -0.39 is 5.97 Å². The minimum atomic E-state index is -0.433. The van der Waals surface area contributed by atoms with Gasteiger partial charge in [-0.15, -0.1) is 11.8 Å². The molecule has 2 aromatic carbocycles. The van der Waals surface area contributed by atoms with Crippen molar-refractivity contribution in [1.29, 1.82) is 0 Å². The van der Waals surface area contributed by atoms with E-state index >= 15 is 0 Å². The molecule has 0 bridgehead atoms. The molecule has 0 radical (unpaired) electrons. The average Bonchev–Trinajstić information content (AvgIpc) is 2.63. The highest BCUT2D eigenvalue weighted by Gasteiger charge is 2.12. The number of thioether (sulfide) groups is 1. The van der Waals surface area contributed by atoms with Gasteiger partial charge in [-0.3, -0.25) is 9.59 Å². The zero-order valence-corrected chi connectivity index (χ0v) is 16.5. The summed E-state index contributed by atoms with van der Waals surface area (Å²) in [4.78, 5) is 23.6. The Hall–Kier alpha value is -1.69. The highest BCUT2D eigenvalue weighted by Crippen LogP contribution is 2.24. The third-order valence-corrected chi connectivity index (χ3v) is 5.23. The fraction of sp³-hybridized carbons (Fsp3) is 0.263. The maximum atomic E-state index is 11.9. The summed E-state index contributed by atoms with van der Waals surface area (Å²) >= 11 is 13.2. The van der Waals surface area contributed by atoms with Gasteiger partial charge in [-0.2, -0.15) is 0 Å². The van der Waals surface area contributed by atoms with Crippen LogP contribution in [0, 0.1) is 0 Å². The molecule has 26 heavy (non-hydrogen) atoms. The molecule has 138 valence electrons. The summed E-state index contributed by atoms with van der Waals surface area (Å²) in [7, 11) is 0. The van der Waals surface area contributed by atoms with Gasteiger partial charge in [0.1, 0.15) is 0 Å².